The molecule has 0 aromatic heterocycles. The molecule has 1 aliphatic rings. The van der Waals surface area contributed by atoms with Gasteiger partial charge in [0.15, 0.2) is 0 Å². The van der Waals surface area contributed by atoms with Crippen LogP contribution < -0.4 is 5.32 Å². The van der Waals surface area contributed by atoms with Gasteiger partial charge in [0.2, 0.25) is 10.0 Å². The lowest BCUT2D eigenvalue weighted by Gasteiger charge is -2.34. The van der Waals surface area contributed by atoms with Gasteiger partial charge in [0.1, 0.15) is 5.82 Å². The highest BCUT2D eigenvalue weighted by atomic mass is 35.5. The molecule has 1 aliphatic heterocycles. The maximum absolute atomic E-state index is 13.3. The quantitative estimate of drug-likeness (QED) is 0.817. The van der Waals surface area contributed by atoms with Crippen LogP contribution in [0.1, 0.15) is 18.5 Å². The third-order valence-electron chi connectivity index (χ3n) is 4.69. The van der Waals surface area contributed by atoms with Crippen LogP contribution in [0.15, 0.2) is 53.4 Å². The summed E-state index contributed by atoms with van der Waals surface area (Å²) >= 11 is 5.79. The van der Waals surface area contributed by atoms with Crippen molar-refractivity contribution in [2.75, 3.05) is 26.2 Å². The van der Waals surface area contributed by atoms with Gasteiger partial charge in [-0.15, -0.1) is 0 Å². The minimum absolute atomic E-state index is 0.00154. The van der Waals surface area contributed by atoms with Gasteiger partial charge < -0.3 is 10.2 Å². The zero-order valence-electron chi connectivity index (χ0n) is 15.3. The number of piperazine rings is 1. The monoisotopic (exact) mass is 425 g/mol. The number of rotatable bonds is 4. The van der Waals surface area contributed by atoms with Gasteiger partial charge in [0.25, 0.3) is 0 Å². The summed E-state index contributed by atoms with van der Waals surface area (Å²) in [5.41, 5.74) is 0.685. The van der Waals surface area contributed by atoms with Crippen molar-refractivity contribution >= 4 is 27.7 Å². The third kappa shape index (κ3) is 4.45. The van der Waals surface area contributed by atoms with Gasteiger partial charge in [0, 0.05) is 26.2 Å². The highest BCUT2D eigenvalue weighted by Gasteiger charge is 2.30. The standard InChI is InChI=1S/C19H21ClFN3O3S/c1-14(15-7-8-18(21)17(20)13-15)22-19(25)23-9-11-24(12-10-23)28(26,27)16-5-3-2-4-6-16/h2-8,13-14H,9-12H2,1H3,(H,22,25). The summed E-state index contributed by atoms with van der Waals surface area (Å²) in [6, 6.07) is 11.9. The van der Waals surface area contributed by atoms with E-state index in [0.29, 0.717) is 5.56 Å². The van der Waals surface area contributed by atoms with E-state index in [1.54, 1.807) is 48.2 Å². The molecule has 0 aliphatic carbocycles. The number of nitrogens with zero attached hydrogens (tertiary/aromatic N) is 2. The molecule has 1 saturated heterocycles. The van der Waals surface area contributed by atoms with E-state index in [1.807, 2.05) is 0 Å². The molecular weight excluding hydrogens is 405 g/mol. The second kappa shape index (κ2) is 8.46. The predicted molar refractivity (Wildman–Crippen MR) is 105 cm³/mol. The summed E-state index contributed by atoms with van der Waals surface area (Å²) in [5.74, 6) is -0.514. The normalized spacial score (nSPS) is 16.6. The highest BCUT2D eigenvalue weighted by molar-refractivity contribution is 7.89. The smallest absolute Gasteiger partial charge is 0.317 e. The lowest BCUT2D eigenvalue weighted by Crippen LogP contribution is -2.53. The van der Waals surface area contributed by atoms with Crippen LogP contribution in [0.2, 0.25) is 5.02 Å². The first-order valence-electron chi connectivity index (χ1n) is 8.84. The number of hydrogen-bond acceptors (Lipinski definition) is 3. The predicted octanol–water partition coefficient (Wildman–Crippen LogP) is 3.26. The number of benzene rings is 2. The number of sulfonamides is 1. The minimum Gasteiger partial charge on any atom is -0.331 e. The fourth-order valence-corrected chi connectivity index (χ4v) is 4.65. The summed E-state index contributed by atoms with van der Waals surface area (Å²) in [7, 11) is -3.56. The SMILES string of the molecule is CC(NC(=O)N1CCN(S(=O)(=O)c2ccccc2)CC1)c1ccc(F)c(Cl)c1. The van der Waals surface area contributed by atoms with Crippen LogP contribution in [0.3, 0.4) is 0 Å². The molecule has 2 aromatic carbocycles. The Bertz CT molecular complexity index is 948. The van der Waals surface area contributed by atoms with E-state index in [9.17, 15) is 17.6 Å². The van der Waals surface area contributed by atoms with E-state index in [-0.39, 0.29) is 48.2 Å². The summed E-state index contributed by atoms with van der Waals surface area (Å²) < 4.78 is 40.0. The molecule has 2 aromatic rings. The Balaban J connectivity index is 1.58. The number of carbonyl (C=O) groups is 1. The van der Waals surface area contributed by atoms with E-state index < -0.39 is 15.8 Å². The maximum atomic E-state index is 13.3. The van der Waals surface area contributed by atoms with Crippen LogP contribution in [0.5, 0.6) is 0 Å². The molecule has 2 amide bonds. The Morgan fingerprint density at radius 2 is 1.75 bits per heavy atom. The van der Waals surface area contributed by atoms with Crippen LogP contribution in [-0.4, -0.2) is 49.8 Å². The fraction of sp³-hybridized carbons (Fsp3) is 0.316. The van der Waals surface area contributed by atoms with Crippen LogP contribution in [0, 0.1) is 5.82 Å². The molecule has 0 saturated carbocycles. The van der Waals surface area contributed by atoms with Crippen molar-refractivity contribution in [1.82, 2.24) is 14.5 Å². The van der Waals surface area contributed by atoms with E-state index in [0.717, 1.165) is 0 Å². The molecule has 1 atom stereocenters. The molecule has 0 spiro atoms. The maximum Gasteiger partial charge on any atom is 0.317 e. The van der Waals surface area contributed by atoms with Crippen LogP contribution in [0.25, 0.3) is 0 Å². The Kier molecular flexibility index (Phi) is 6.22. The molecule has 28 heavy (non-hydrogen) atoms. The Labute approximate surface area is 168 Å². The van der Waals surface area contributed by atoms with Gasteiger partial charge in [-0.2, -0.15) is 4.31 Å². The summed E-state index contributed by atoms with van der Waals surface area (Å²) in [5, 5.41) is 2.83. The first-order chi connectivity index (χ1) is 13.3. The largest absolute Gasteiger partial charge is 0.331 e. The summed E-state index contributed by atoms with van der Waals surface area (Å²) in [6.07, 6.45) is 0. The van der Waals surface area contributed by atoms with Gasteiger partial charge >= 0.3 is 6.03 Å². The Morgan fingerprint density at radius 1 is 1.11 bits per heavy atom. The molecule has 1 unspecified atom stereocenters. The molecule has 9 heteroatoms. The van der Waals surface area contributed by atoms with Crippen molar-refractivity contribution in [1.29, 1.82) is 0 Å². The summed E-state index contributed by atoms with van der Waals surface area (Å²) in [4.78, 5) is 14.3. The molecule has 3 rings (SSSR count). The van der Waals surface area contributed by atoms with Gasteiger partial charge in [0.05, 0.1) is 16.0 Å². The van der Waals surface area contributed by atoms with E-state index in [2.05, 4.69) is 5.32 Å². The van der Waals surface area contributed by atoms with Crippen LogP contribution in [0.4, 0.5) is 9.18 Å². The van der Waals surface area contributed by atoms with Crippen LogP contribution >= 0.6 is 11.6 Å². The molecule has 0 radical (unpaired) electrons. The number of carbonyl (C=O) groups excluding carboxylic acids is 1. The average molecular weight is 426 g/mol. The Hall–Kier alpha value is -2.16. The molecule has 1 N–H and O–H groups in total. The molecular formula is C19H21ClFN3O3S. The van der Waals surface area contributed by atoms with Crippen LogP contribution in [-0.2, 0) is 10.0 Å². The van der Waals surface area contributed by atoms with Gasteiger partial charge in [-0.1, -0.05) is 35.9 Å². The van der Waals surface area contributed by atoms with Gasteiger partial charge in [-0.3, -0.25) is 0 Å². The zero-order chi connectivity index (χ0) is 20.3. The first kappa shape index (κ1) is 20.6. The summed E-state index contributed by atoms with van der Waals surface area (Å²) in [6.45, 7) is 2.80. The van der Waals surface area contributed by atoms with Crippen molar-refractivity contribution in [2.24, 2.45) is 0 Å². The number of halogens is 2. The third-order valence-corrected chi connectivity index (χ3v) is 6.89. The lowest BCUT2D eigenvalue weighted by molar-refractivity contribution is 0.169. The number of amides is 2. The fourth-order valence-electron chi connectivity index (χ4n) is 3.01. The van der Waals surface area contributed by atoms with Crippen molar-refractivity contribution in [3.05, 3.63) is 64.9 Å². The number of urea groups is 1. The topological polar surface area (TPSA) is 69.7 Å². The Morgan fingerprint density at radius 3 is 2.36 bits per heavy atom. The number of hydrogen-bond donors (Lipinski definition) is 1. The molecule has 150 valence electrons. The zero-order valence-corrected chi connectivity index (χ0v) is 16.9. The molecule has 1 fully saturated rings. The minimum atomic E-state index is -3.56. The van der Waals surface area contributed by atoms with E-state index in [4.69, 9.17) is 11.6 Å². The number of nitrogens with one attached hydrogen (secondary N) is 1. The van der Waals surface area contributed by atoms with E-state index >= 15 is 0 Å². The first-order valence-corrected chi connectivity index (χ1v) is 10.7. The highest BCUT2D eigenvalue weighted by Crippen LogP contribution is 2.21. The second-order valence-corrected chi connectivity index (χ2v) is 8.89. The lowest BCUT2D eigenvalue weighted by atomic mass is 10.1. The van der Waals surface area contributed by atoms with Crippen molar-refractivity contribution in [3.8, 4) is 0 Å². The van der Waals surface area contributed by atoms with E-state index in [1.165, 1.54) is 16.4 Å². The average Bonchev–Trinajstić information content (AvgIpc) is 2.70. The van der Waals surface area contributed by atoms with Crippen molar-refractivity contribution < 1.29 is 17.6 Å². The second-order valence-electron chi connectivity index (χ2n) is 6.55. The molecule has 0 bridgehead atoms. The van der Waals surface area contributed by atoms with Crippen molar-refractivity contribution in [3.63, 3.8) is 0 Å². The van der Waals surface area contributed by atoms with Gasteiger partial charge in [-0.25, -0.2) is 17.6 Å². The molecule has 6 nitrogen and oxygen atoms in total. The molecule has 1 heterocycles. The van der Waals surface area contributed by atoms with Gasteiger partial charge in [-0.05, 0) is 36.8 Å². The van der Waals surface area contributed by atoms with Crippen molar-refractivity contribution in [2.45, 2.75) is 17.9 Å².